The first-order valence-corrected chi connectivity index (χ1v) is 7.20. The Morgan fingerprint density at radius 1 is 1.33 bits per heavy atom. The van der Waals surface area contributed by atoms with Crippen molar-refractivity contribution in [2.24, 2.45) is 5.41 Å². The van der Waals surface area contributed by atoms with Gasteiger partial charge in [-0.05, 0) is 24.1 Å². The van der Waals surface area contributed by atoms with Crippen LogP contribution in [-0.4, -0.2) is 24.5 Å². The summed E-state index contributed by atoms with van der Waals surface area (Å²) in [6, 6.07) is 8.00. The van der Waals surface area contributed by atoms with Crippen LogP contribution in [0.3, 0.4) is 0 Å². The van der Waals surface area contributed by atoms with Crippen LogP contribution in [0.2, 0.25) is 0 Å². The Bertz CT molecular complexity index is 717. The van der Waals surface area contributed by atoms with Crippen LogP contribution in [0.5, 0.6) is 5.75 Å². The highest BCUT2D eigenvalue weighted by Crippen LogP contribution is 2.34. The van der Waals surface area contributed by atoms with Crippen LogP contribution in [0.4, 0.5) is 5.82 Å². The van der Waals surface area contributed by atoms with E-state index in [1.165, 1.54) is 0 Å². The first-order chi connectivity index (χ1) is 9.91. The fourth-order valence-corrected chi connectivity index (χ4v) is 2.73. The lowest BCUT2D eigenvalue weighted by Crippen LogP contribution is -2.38. The number of hydrogen-bond donors (Lipinski definition) is 0. The van der Waals surface area contributed by atoms with Crippen LogP contribution in [0, 0.1) is 5.41 Å². The second-order valence-electron chi connectivity index (χ2n) is 6.46. The molecule has 0 bridgehead atoms. The smallest absolute Gasteiger partial charge is 0.233 e. The summed E-state index contributed by atoms with van der Waals surface area (Å²) in [5.41, 5.74) is 1.54. The Kier molecular flexibility index (Phi) is 3.12. The van der Waals surface area contributed by atoms with Crippen molar-refractivity contribution in [2.75, 3.05) is 18.6 Å². The third kappa shape index (κ3) is 2.24. The molecule has 0 saturated carbocycles. The molecule has 21 heavy (non-hydrogen) atoms. The number of fused-ring (bicyclic) bond motifs is 2. The van der Waals surface area contributed by atoms with Crippen LogP contribution in [0.1, 0.15) is 26.3 Å². The third-order valence-corrected chi connectivity index (χ3v) is 3.83. The molecule has 2 aromatic rings. The lowest BCUT2D eigenvalue weighted by Gasteiger charge is -2.25. The van der Waals surface area contributed by atoms with Crippen molar-refractivity contribution in [2.45, 2.75) is 27.2 Å². The average Bonchev–Trinajstić information content (AvgIpc) is 2.85. The van der Waals surface area contributed by atoms with Crippen molar-refractivity contribution in [3.05, 3.63) is 29.8 Å². The van der Waals surface area contributed by atoms with Crippen LogP contribution in [0.25, 0.3) is 10.9 Å². The molecule has 110 valence electrons. The molecule has 0 radical (unpaired) electrons. The van der Waals surface area contributed by atoms with E-state index in [0.717, 1.165) is 34.5 Å². The minimum atomic E-state index is -0.404. The molecule has 1 amide bonds. The van der Waals surface area contributed by atoms with Gasteiger partial charge in [-0.3, -0.25) is 9.69 Å². The highest BCUT2D eigenvalue weighted by molar-refractivity contribution is 5.99. The molecule has 1 aromatic heterocycles. The lowest BCUT2D eigenvalue weighted by molar-refractivity contribution is -0.125. The van der Waals surface area contributed by atoms with Gasteiger partial charge in [-0.1, -0.05) is 32.9 Å². The maximum Gasteiger partial charge on any atom is 0.233 e. The fraction of sp³-hybridized carbons (Fsp3) is 0.412. The van der Waals surface area contributed by atoms with E-state index in [-0.39, 0.29) is 5.91 Å². The number of methoxy groups -OCH3 is 1. The summed E-state index contributed by atoms with van der Waals surface area (Å²) in [4.78, 5) is 19.1. The van der Waals surface area contributed by atoms with Gasteiger partial charge in [-0.15, -0.1) is 0 Å². The molecule has 0 saturated heterocycles. The lowest BCUT2D eigenvalue weighted by atomic mass is 9.95. The summed E-state index contributed by atoms with van der Waals surface area (Å²) in [7, 11) is 1.64. The maximum absolute atomic E-state index is 12.6. The van der Waals surface area contributed by atoms with Crippen LogP contribution < -0.4 is 9.64 Å². The first kappa shape index (κ1) is 13.9. The van der Waals surface area contributed by atoms with E-state index in [0.29, 0.717) is 6.54 Å². The van der Waals surface area contributed by atoms with E-state index in [1.54, 1.807) is 12.0 Å². The summed E-state index contributed by atoms with van der Waals surface area (Å²) < 4.78 is 5.38. The van der Waals surface area contributed by atoms with Crippen molar-refractivity contribution >= 4 is 22.6 Å². The third-order valence-electron chi connectivity index (χ3n) is 3.83. The van der Waals surface area contributed by atoms with Crippen molar-refractivity contribution in [3.8, 4) is 5.75 Å². The number of para-hydroxylation sites is 1. The number of amides is 1. The number of benzene rings is 1. The zero-order valence-electron chi connectivity index (χ0n) is 12.9. The van der Waals surface area contributed by atoms with Gasteiger partial charge in [0.1, 0.15) is 17.1 Å². The van der Waals surface area contributed by atoms with Crippen LogP contribution in [0.15, 0.2) is 24.3 Å². The van der Waals surface area contributed by atoms with Gasteiger partial charge < -0.3 is 4.74 Å². The Hall–Kier alpha value is -2.10. The van der Waals surface area contributed by atoms with Crippen molar-refractivity contribution in [3.63, 3.8) is 0 Å². The van der Waals surface area contributed by atoms with Crippen molar-refractivity contribution in [1.29, 1.82) is 0 Å². The molecule has 4 heteroatoms. The average molecular weight is 284 g/mol. The molecular weight excluding hydrogens is 264 g/mol. The van der Waals surface area contributed by atoms with E-state index in [4.69, 9.17) is 9.72 Å². The molecule has 0 atom stereocenters. The van der Waals surface area contributed by atoms with Crippen LogP contribution in [-0.2, 0) is 11.2 Å². The van der Waals surface area contributed by atoms with Crippen LogP contribution >= 0.6 is 0 Å². The predicted octanol–water partition coefficient (Wildman–Crippen LogP) is 3.18. The van der Waals surface area contributed by atoms with Gasteiger partial charge in [0.25, 0.3) is 0 Å². The number of ether oxygens (including phenoxy) is 1. The van der Waals surface area contributed by atoms with Gasteiger partial charge >= 0.3 is 0 Å². The molecule has 1 aromatic carbocycles. The molecule has 3 rings (SSSR count). The second-order valence-corrected chi connectivity index (χ2v) is 6.46. The van der Waals surface area contributed by atoms with E-state index < -0.39 is 5.41 Å². The van der Waals surface area contributed by atoms with Crippen molar-refractivity contribution in [1.82, 2.24) is 4.98 Å². The molecule has 0 fully saturated rings. The molecule has 0 aliphatic carbocycles. The normalized spacial score (nSPS) is 14.4. The quantitative estimate of drug-likeness (QED) is 0.807. The zero-order valence-corrected chi connectivity index (χ0v) is 12.9. The first-order valence-electron chi connectivity index (χ1n) is 7.20. The van der Waals surface area contributed by atoms with E-state index in [1.807, 2.05) is 39.0 Å². The second kappa shape index (κ2) is 4.72. The van der Waals surface area contributed by atoms with Gasteiger partial charge in [0.2, 0.25) is 5.91 Å². The number of carbonyl (C=O) groups is 1. The van der Waals surface area contributed by atoms with E-state index >= 15 is 0 Å². The number of pyridine rings is 1. The minimum Gasteiger partial charge on any atom is -0.494 e. The summed E-state index contributed by atoms with van der Waals surface area (Å²) >= 11 is 0. The van der Waals surface area contributed by atoms with Gasteiger partial charge in [0.15, 0.2) is 0 Å². The zero-order chi connectivity index (χ0) is 15.2. The molecule has 1 aliphatic heterocycles. The Labute approximate surface area is 124 Å². The Balaban J connectivity index is 2.14. The molecule has 0 unspecified atom stereocenters. The largest absolute Gasteiger partial charge is 0.494 e. The van der Waals surface area contributed by atoms with Crippen molar-refractivity contribution < 1.29 is 9.53 Å². The van der Waals surface area contributed by atoms with Gasteiger partial charge in [0, 0.05) is 17.3 Å². The standard InChI is InChI=1S/C17H20N2O2/c1-17(2,3)16(20)19-9-8-12-10-11-6-5-7-13(21-4)14(11)18-15(12)19/h5-7,10H,8-9H2,1-4H3. The Morgan fingerprint density at radius 2 is 2.10 bits per heavy atom. The fourth-order valence-electron chi connectivity index (χ4n) is 2.73. The van der Waals surface area contributed by atoms with Gasteiger partial charge in [0.05, 0.1) is 7.11 Å². The highest BCUT2D eigenvalue weighted by Gasteiger charge is 2.33. The van der Waals surface area contributed by atoms with E-state index in [2.05, 4.69) is 6.07 Å². The monoisotopic (exact) mass is 284 g/mol. The predicted molar refractivity (Wildman–Crippen MR) is 83.8 cm³/mol. The number of anilines is 1. The molecular formula is C17H20N2O2. The van der Waals surface area contributed by atoms with Gasteiger partial charge in [-0.25, -0.2) is 4.98 Å². The molecule has 4 nitrogen and oxygen atoms in total. The molecule has 0 N–H and O–H groups in total. The van der Waals surface area contributed by atoms with E-state index in [9.17, 15) is 4.79 Å². The SMILES string of the molecule is COc1cccc2cc3c(nc12)N(C(=O)C(C)(C)C)CC3. The molecule has 0 spiro atoms. The highest BCUT2D eigenvalue weighted by atomic mass is 16.5. The summed E-state index contributed by atoms with van der Waals surface area (Å²) in [6.07, 6.45) is 0.858. The number of carbonyl (C=O) groups excluding carboxylic acids is 1. The number of hydrogen-bond acceptors (Lipinski definition) is 3. The summed E-state index contributed by atoms with van der Waals surface area (Å²) in [6.45, 7) is 6.52. The topological polar surface area (TPSA) is 42.4 Å². The number of nitrogens with zero attached hydrogens (tertiary/aromatic N) is 2. The summed E-state index contributed by atoms with van der Waals surface area (Å²) in [5.74, 6) is 1.64. The number of aromatic nitrogens is 1. The minimum absolute atomic E-state index is 0.114. The number of rotatable bonds is 1. The maximum atomic E-state index is 12.6. The summed E-state index contributed by atoms with van der Waals surface area (Å²) in [5, 5.41) is 1.05. The molecule has 1 aliphatic rings. The Morgan fingerprint density at radius 3 is 2.76 bits per heavy atom. The van der Waals surface area contributed by atoms with Gasteiger partial charge in [-0.2, -0.15) is 0 Å². The molecule has 2 heterocycles.